The Kier molecular flexibility index (Phi) is 4.84. The zero-order chi connectivity index (χ0) is 18.6. The number of hydrogen-bond acceptors (Lipinski definition) is 5. The van der Waals surface area contributed by atoms with Gasteiger partial charge in [-0.15, -0.1) is 0 Å². The molecular formula is C20H21N5O2. The van der Waals surface area contributed by atoms with Crippen molar-refractivity contribution in [3.8, 4) is 5.75 Å². The molecule has 0 radical (unpaired) electrons. The fourth-order valence-electron chi connectivity index (χ4n) is 3.08. The number of anilines is 1. The summed E-state index contributed by atoms with van der Waals surface area (Å²) < 4.78 is 5.76. The summed E-state index contributed by atoms with van der Waals surface area (Å²) in [6, 6.07) is 13.3. The van der Waals surface area contributed by atoms with Crippen molar-refractivity contribution >= 4 is 11.7 Å². The monoisotopic (exact) mass is 363 g/mol. The fraction of sp³-hybridized carbons (Fsp3) is 0.250. The molecule has 2 N–H and O–H groups in total. The third-order valence-electron chi connectivity index (χ3n) is 4.54. The normalized spacial score (nSPS) is 16.6. The Balaban J connectivity index is 1.38. The van der Waals surface area contributed by atoms with Gasteiger partial charge in [0, 0.05) is 38.1 Å². The summed E-state index contributed by atoms with van der Waals surface area (Å²) in [4.78, 5) is 26.2. The Morgan fingerprint density at radius 2 is 2.07 bits per heavy atom. The Hall–Kier alpha value is -3.19. The highest BCUT2D eigenvalue weighted by atomic mass is 16.5. The number of rotatable bonds is 5. The molecule has 0 saturated carbocycles. The minimum absolute atomic E-state index is 0.0727. The molecule has 0 unspecified atom stereocenters. The number of amides is 1. The smallest absolute Gasteiger partial charge is 0.248 e. The number of aromatic amines is 1. The lowest BCUT2D eigenvalue weighted by Crippen LogP contribution is -2.46. The molecule has 0 fully saturated rings. The van der Waals surface area contributed by atoms with Gasteiger partial charge in [-0.05, 0) is 17.7 Å². The molecule has 2 aromatic heterocycles. The van der Waals surface area contributed by atoms with Crippen LogP contribution < -0.4 is 15.0 Å². The predicted molar refractivity (Wildman–Crippen MR) is 102 cm³/mol. The molecular weight excluding hydrogens is 342 g/mol. The number of fused-ring (bicyclic) bond motifs is 1. The number of nitrogens with zero attached hydrogens (tertiary/aromatic N) is 3. The highest BCUT2D eigenvalue weighted by Gasteiger charge is 2.29. The third kappa shape index (κ3) is 3.83. The molecule has 3 heterocycles. The summed E-state index contributed by atoms with van der Waals surface area (Å²) in [6.45, 7) is 0.756. The number of pyridine rings is 1. The molecule has 0 aliphatic carbocycles. The van der Waals surface area contributed by atoms with E-state index in [9.17, 15) is 4.79 Å². The van der Waals surface area contributed by atoms with E-state index in [0.29, 0.717) is 18.1 Å². The van der Waals surface area contributed by atoms with Crippen LogP contribution in [-0.4, -0.2) is 40.6 Å². The minimum atomic E-state index is -0.454. The number of aromatic nitrogens is 3. The van der Waals surface area contributed by atoms with Crippen LogP contribution in [0.25, 0.3) is 0 Å². The number of carbonyl (C=O) groups is 1. The number of nitrogens with one attached hydrogen (secondary N) is 2. The van der Waals surface area contributed by atoms with Gasteiger partial charge in [-0.1, -0.05) is 30.3 Å². The second kappa shape index (κ2) is 7.59. The summed E-state index contributed by atoms with van der Waals surface area (Å²) in [5, 5.41) is 3.25. The van der Waals surface area contributed by atoms with Crippen molar-refractivity contribution in [1.82, 2.24) is 20.3 Å². The molecule has 4 rings (SSSR count). The highest BCUT2D eigenvalue weighted by Crippen LogP contribution is 2.27. The molecule has 1 aliphatic heterocycles. The molecule has 1 amide bonds. The standard InChI is InChI=1S/C20H21N5O2/c1-25-19-17(8-5-9-21-19)27-13-16(20(25)26)22-11-15-12-23-18(24-15)10-14-6-3-2-4-7-14/h2-9,12,16,22H,10-11,13H2,1H3,(H,23,24)/t16-/m0/s1. The summed E-state index contributed by atoms with van der Waals surface area (Å²) in [6.07, 6.45) is 4.20. The van der Waals surface area contributed by atoms with Gasteiger partial charge in [0.15, 0.2) is 11.6 Å². The van der Waals surface area contributed by atoms with E-state index in [1.807, 2.05) is 24.3 Å². The van der Waals surface area contributed by atoms with Crippen LogP contribution in [0.15, 0.2) is 54.9 Å². The van der Waals surface area contributed by atoms with Crippen LogP contribution in [0.1, 0.15) is 17.1 Å². The first-order valence-electron chi connectivity index (χ1n) is 8.86. The molecule has 138 valence electrons. The van der Waals surface area contributed by atoms with Crippen molar-refractivity contribution in [3.63, 3.8) is 0 Å². The Morgan fingerprint density at radius 3 is 2.93 bits per heavy atom. The van der Waals surface area contributed by atoms with Gasteiger partial charge in [-0.25, -0.2) is 9.97 Å². The first-order chi connectivity index (χ1) is 13.2. The van der Waals surface area contributed by atoms with Gasteiger partial charge in [0.25, 0.3) is 0 Å². The first-order valence-corrected chi connectivity index (χ1v) is 8.86. The maximum atomic E-state index is 12.7. The number of imidazole rings is 1. The van der Waals surface area contributed by atoms with Crippen LogP contribution in [0.5, 0.6) is 5.75 Å². The van der Waals surface area contributed by atoms with Crippen molar-refractivity contribution in [2.24, 2.45) is 0 Å². The molecule has 1 atom stereocenters. The second-order valence-electron chi connectivity index (χ2n) is 6.48. The second-order valence-corrected chi connectivity index (χ2v) is 6.48. The Bertz CT molecular complexity index is 925. The molecule has 0 saturated heterocycles. The summed E-state index contributed by atoms with van der Waals surface area (Å²) in [5.74, 6) is 1.98. The molecule has 0 spiro atoms. The van der Waals surface area contributed by atoms with E-state index in [0.717, 1.165) is 17.9 Å². The van der Waals surface area contributed by atoms with E-state index in [1.54, 1.807) is 25.5 Å². The van der Waals surface area contributed by atoms with Crippen molar-refractivity contribution in [2.45, 2.75) is 19.0 Å². The maximum Gasteiger partial charge on any atom is 0.248 e. The lowest BCUT2D eigenvalue weighted by atomic mass is 10.1. The maximum absolute atomic E-state index is 12.7. The molecule has 7 nitrogen and oxygen atoms in total. The van der Waals surface area contributed by atoms with Gasteiger partial charge in [-0.3, -0.25) is 15.0 Å². The zero-order valence-corrected chi connectivity index (χ0v) is 15.1. The lowest BCUT2D eigenvalue weighted by molar-refractivity contribution is -0.120. The minimum Gasteiger partial charge on any atom is -0.488 e. The third-order valence-corrected chi connectivity index (χ3v) is 4.54. The van der Waals surface area contributed by atoms with E-state index in [4.69, 9.17) is 4.74 Å². The number of H-pyrrole nitrogens is 1. The summed E-state index contributed by atoms with van der Waals surface area (Å²) in [5.41, 5.74) is 2.13. The number of benzene rings is 1. The lowest BCUT2D eigenvalue weighted by Gasteiger charge is -2.19. The van der Waals surface area contributed by atoms with E-state index in [1.165, 1.54) is 10.5 Å². The fourth-order valence-corrected chi connectivity index (χ4v) is 3.08. The average Bonchev–Trinajstić information content (AvgIpc) is 3.10. The summed E-state index contributed by atoms with van der Waals surface area (Å²) >= 11 is 0. The number of carbonyl (C=O) groups excluding carboxylic acids is 1. The van der Waals surface area contributed by atoms with E-state index in [2.05, 4.69) is 32.4 Å². The van der Waals surface area contributed by atoms with E-state index >= 15 is 0 Å². The Morgan fingerprint density at radius 1 is 1.22 bits per heavy atom. The van der Waals surface area contributed by atoms with Gasteiger partial charge < -0.3 is 9.72 Å². The molecule has 27 heavy (non-hydrogen) atoms. The molecule has 0 bridgehead atoms. The van der Waals surface area contributed by atoms with Crippen molar-refractivity contribution in [2.75, 3.05) is 18.6 Å². The van der Waals surface area contributed by atoms with Gasteiger partial charge in [-0.2, -0.15) is 0 Å². The number of ether oxygens (including phenoxy) is 1. The predicted octanol–water partition coefficient (Wildman–Crippen LogP) is 1.91. The van der Waals surface area contributed by atoms with Gasteiger partial charge in [0.2, 0.25) is 5.91 Å². The molecule has 7 heteroatoms. The van der Waals surface area contributed by atoms with Gasteiger partial charge in [0.05, 0.1) is 0 Å². The van der Waals surface area contributed by atoms with Crippen molar-refractivity contribution in [1.29, 1.82) is 0 Å². The highest BCUT2D eigenvalue weighted by molar-refractivity contribution is 5.97. The van der Waals surface area contributed by atoms with Crippen LogP contribution >= 0.6 is 0 Å². The van der Waals surface area contributed by atoms with E-state index < -0.39 is 6.04 Å². The number of likely N-dealkylation sites (N-methyl/N-ethyl adjacent to an activating group) is 1. The Labute approximate surface area is 157 Å². The summed E-state index contributed by atoms with van der Waals surface area (Å²) in [7, 11) is 1.71. The topological polar surface area (TPSA) is 83.1 Å². The average molecular weight is 363 g/mol. The molecule has 1 aliphatic rings. The number of hydrogen-bond donors (Lipinski definition) is 2. The largest absolute Gasteiger partial charge is 0.488 e. The van der Waals surface area contributed by atoms with Crippen molar-refractivity contribution in [3.05, 3.63) is 71.9 Å². The van der Waals surface area contributed by atoms with Gasteiger partial charge in [0.1, 0.15) is 18.5 Å². The van der Waals surface area contributed by atoms with Crippen LogP contribution in [0.2, 0.25) is 0 Å². The van der Waals surface area contributed by atoms with Gasteiger partial charge >= 0.3 is 0 Å². The zero-order valence-electron chi connectivity index (χ0n) is 15.1. The SMILES string of the molecule is CN1C(=O)[C@@H](NCc2cnc(Cc3ccccc3)[nH]2)COc2cccnc21. The van der Waals surface area contributed by atoms with E-state index in [-0.39, 0.29) is 12.5 Å². The quantitative estimate of drug-likeness (QED) is 0.724. The van der Waals surface area contributed by atoms with Crippen LogP contribution in [0.3, 0.4) is 0 Å². The molecule has 1 aromatic carbocycles. The van der Waals surface area contributed by atoms with Crippen molar-refractivity contribution < 1.29 is 9.53 Å². The van der Waals surface area contributed by atoms with Crippen LogP contribution in [0, 0.1) is 0 Å². The molecule has 3 aromatic rings. The van der Waals surface area contributed by atoms with Crippen LogP contribution in [-0.2, 0) is 17.8 Å². The first kappa shape index (κ1) is 17.2. The van der Waals surface area contributed by atoms with Crippen LogP contribution in [0.4, 0.5) is 5.82 Å².